The second kappa shape index (κ2) is 10.1. The van der Waals surface area contributed by atoms with E-state index in [0.717, 1.165) is 50.1 Å². The molecule has 2 aromatic carbocycles. The van der Waals surface area contributed by atoms with Crippen LogP contribution in [-0.4, -0.2) is 36.4 Å². The topological polar surface area (TPSA) is 84.7 Å². The lowest BCUT2D eigenvalue weighted by Crippen LogP contribution is -2.38. The molecule has 29 heavy (non-hydrogen) atoms. The van der Waals surface area contributed by atoms with Gasteiger partial charge in [0.05, 0.1) is 0 Å². The van der Waals surface area contributed by atoms with Crippen LogP contribution in [0.2, 0.25) is 0 Å². The van der Waals surface area contributed by atoms with Crippen LogP contribution in [-0.2, 0) is 22.6 Å². The number of amides is 2. The third-order valence-corrected chi connectivity index (χ3v) is 5.31. The molecule has 0 saturated carbocycles. The Labute approximate surface area is 172 Å². The van der Waals surface area contributed by atoms with E-state index in [2.05, 4.69) is 17.1 Å². The van der Waals surface area contributed by atoms with Gasteiger partial charge in [-0.25, -0.2) is 0 Å². The summed E-state index contributed by atoms with van der Waals surface area (Å²) in [6, 6.07) is 15.6. The van der Waals surface area contributed by atoms with Crippen molar-refractivity contribution in [1.82, 2.24) is 4.90 Å². The van der Waals surface area contributed by atoms with Crippen molar-refractivity contribution in [3.63, 3.8) is 0 Å². The lowest BCUT2D eigenvalue weighted by Gasteiger charge is -2.30. The van der Waals surface area contributed by atoms with Crippen LogP contribution in [0.25, 0.3) is 0 Å². The number of ether oxygens (including phenoxy) is 1. The molecule has 2 amide bonds. The molecule has 0 spiro atoms. The number of aryl methyl sites for hydroxylation is 1. The van der Waals surface area contributed by atoms with E-state index in [9.17, 15) is 9.59 Å². The van der Waals surface area contributed by atoms with Gasteiger partial charge in [0.2, 0.25) is 5.91 Å². The Hall–Kier alpha value is -2.86. The van der Waals surface area contributed by atoms with Crippen LogP contribution in [0, 0.1) is 5.92 Å². The highest BCUT2D eigenvalue weighted by molar-refractivity contribution is 5.91. The maximum Gasteiger partial charge on any atom is 0.262 e. The van der Waals surface area contributed by atoms with E-state index in [-0.39, 0.29) is 24.3 Å². The molecular formula is C23H29N3O3. The highest BCUT2D eigenvalue weighted by Crippen LogP contribution is 2.20. The first-order valence-electron chi connectivity index (χ1n) is 10.2. The van der Waals surface area contributed by atoms with Crippen LogP contribution in [0.1, 0.15) is 30.9 Å². The number of likely N-dealkylation sites (tertiary alicyclic amines) is 1. The van der Waals surface area contributed by atoms with Gasteiger partial charge in [0.15, 0.2) is 6.61 Å². The van der Waals surface area contributed by atoms with Gasteiger partial charge in [-0.3, -0.25) is 14.5 Å². The predicted octanol–water partition coefficient (Wildman–Crippen LogP) is 2.96. The molecule has 3 rings (SSSR count). The normalized spacial score (nSPS) is 15.1. The lowest BCUT2D eigenvalue weighted by atomic mass is 9.96. The monoisotopic (exact) mass is 395 g/mol. The highest BCUT2D eigenvalue weighted by Gasteiger charge is 2.22. The Balaban J connectivity index is 1.47. The fourth-order valence-electron chi connectivity index (χ4n) is 3.55. The van der Waals surface area contributed by atoms with Gasteiger partial charge in [-0.15, -0.1) is 0 Å². The molecule has 3 N–H and O–H groups in total. The average molecular weight is 396 g/mol. The summed E-state index contributed by atoms with van der Waals surface area (Å²) in [4.78, 5) is 25.8. The van der Waals surface area contributed by atoms with Crippen molar-refractivity contribution in [2.75, 3.05) is 25.0 Å². The molecule has 0 aliphatic carbocycles. The molecule has 0 radical (unpaired) electrons. The zero-order chi connectivity index (χ0) is 20.6. The van der Waals surface area contributed by atoms with Crippen LogP contribution in [0.15, 0.2) is 48.5 Å². The number of benzene rings is 2. The minimum atomic E-state index is -0.196. The Morgan fingerprint density at radius 1 is 1.10 bits per heavy atom. The average Bonchev–Trinajstić information content (AvgIpc) is 2.73. The first kappa shape index (κ1) is 20.9. The van der Waals surface area contributed by atoms with Gasteiger partial charge in [0.1, 0.15) is 5.75 Å². The molecule has 1 aliphatic rings. The Morgan fingerprint density at radius 3 is 2.48 bits per heavy atom. The molecule has 0 unspecified atom stereocenters. The summed E-state index contributed by atoms with van der Waals surface area (Å²) < 4.78 is 5.56. The van der Waals surface area contributed by atoms with Crippen molar-refractivity contribution in [3.05, 3.63) is 59.7 Å². The van der Waals surface area contributed by atoms with Crippen molar-refractivity contribution in [2.45, 2.75) is 32.7 Å². The van der Waals surface area contributed by atoms with E-state index < -0.39 is 0 Å². The van der Waals surface area contributed by atoms with Crippen LogP contribution in [0.3, 0.4) is 0 Å². The summed E-state index contributed by atoms with van der Waals surface area (Å²) in [5, 5.41) is 2.89. The van der Waals surface area contributed by atoms with Crippen molar-refractivity contribution in [1.29, 1.82) is 0 Å². The van der Waals surface area contributed by atoms with Gasteiger partial charge < -0.3 is 15.8 Å². The van der Waals surface area contributed by atoms with Gasteiger partial charge in [0, 0.05) is 18.2 Å². The van der Waals surface area contributed by atoms with Crippen molar-refractivity contribution >= 4 is 17.5 Å². The zero-order valence-electron chi connectivity index (χ0n) is 16.9. The second-order valence-electron chi connectivity index (χ2n) is 7.49. The van der Waals surface area contributed by atoms with Crippen LogP contribution >= 0.6 is 0 Å². The number of rotatable bonds is 8. The first-order chi connectivity index (χ1) is 14.0. The number of carbonyl (C=O) groups is 2. The third kappa shape index (κ3) is 6.32. The summed E-state index contributed by atoms with van der Waals surface area (Å²) in [6.45, 7) is 4.57. The van der Waals surface area contributed by atoms with E-state index in [1.54, 1.807) is 0 Å². The molecule has 1 fully saturated rings. The fraction of sp³-hybridized carbons (Fsp3) is 0.391. The van der Waals surface area contributed by atoms with Crippen molar-refractivity contribution in [2.24, 2.45) is 11.7 Å². The second-order valence-corrected chi connectivity index (χ2v) is 7.49. The van der Waals surface area contributed by atoms with E-state index in [1.807, 2.05) is 48.5 Å². The number of hydrogen-bond donors (Lipinski definition) is 2. The molecule has 0 bridgehead atoms. The van der Waals surface area contributed by atoms with Crippen molar-refractivity contribution < 1.29 is 14.3 Å². The highest BCUT2D eigenvalue weighted by atomic mass is 16.5. The molecule has 1 saturated heterocycles. The van der Waals surface area contributed by atoms with Crippen LogP contribution < -0.4 is 15.8 Å². The molecule has 0 atom stereocenters. The number of piperidine rings is 1. The summed E-state index contributed by atoms with van der Waals surface area (Å²) in [6.07, 6.45) is 2.59. The first-order valence-corrected chi connectivity index (χ1v) is 10.2. The molecule has 2 aromatic rings. The van der Waals surface area contributed by atoms with Gasteiger partial charge in [-0.2, -0.15) is 0 Å². The SMILES string of the molecule is CCc1ccc(OCC(=O)Nc2cccc(CN3CCC(C(N)=O)CC3)c2)cc1. The zero-order valence-corrected chi connectivity index (χ0v) is 16.9. The molecule has 0 aromatic heterocycles. The number of anilines is 1. The standard InChI is InChI=1S/C23H29N3O3/c1-2-17-6-8-21(9-7-17)29-16-22(27)25-20-5-3-4-18(14-20)15-26-12-10-19(11-13-26)23(24)28/h3-9,14,19H,2,10-13,15-16H2,1H3,(H2,24,28)(H,25,27). The third-order valence-electron chi connectivity index (χ3n) is 5.31. The van der Waals surface area contributed by atoms with Crippen LogP contribution in [0.4, 0.5) is 5.69 Å². The number of carbonyl (C=O) groups excluding carboxylic acids is 2. The Morgan fingerprint density at radius 2 is 1.83 bits per heavy atom. The minimum Gasteiger partial charge on any atom is -0.484 e. The summed E-state index contributed by atoms with van der Waals surface area (Å²) >= 11 is 0. The van der Waals surface area contributed by atoms with E-state index >= 15 is 0 Å². The molecule has 1 heterocycles. The van der Waals surface area contributed by atoms with Crippen LogP contribution in [0.5, 0.6) is 5.75 Å². The Bertz CT molecular complexity index is 828. The number of hydrogen-bond acceptors (Lipinski definition) is 4. The quantitative estimate of drug-likeness (QED) is 0.720. The number of nitrogens with two attached hydrogens (primary N) is 1. The number of nitrogens with one attached hydrogen (secondary N) is 1. The fourth-order valence-corrected chi connectivity index (χ4v) is 3.55. The molecular weight excluding hydrogens is 366 g/mol. The van der Waals surface area contributed by atoms with Gasteiger partial charge >= 0.3 is 0 Å². The number of nitrogens with zero attached hydrogens (tertiary/aromatic N) is 1. The van der Waals surface area contributed by atoms with Gasteiger partial charge in [-0.05, 0) is 67.7 Å². The Kier molecular flexibility index (Phi) is 7.25. The lowest BCUT2D eigenvalue weighted by molar-refractivity contribution is -0.123. The molecule has 154 valence electrons. The molecule has 6 heteroatoms. The van der Waals surface area contributed by atoms with E-state index in [4.69, 9.17) is 10.5 Å². The van der Waals surface area contributed by atoms with Gasteiger partial charge in [0.25, 0.3) is 5.91 Å². The predicted molar refractivity (Wildman–Crippen MR) is 114 cm³/mol. The van der Waals surface area contributed by atoms with Gasteiger partial charge in [-0.1, -0.05) is 31.2 Å². The largest absolute Gasteiger partial charge is 0.484 e. The maximum atomic E-state index is 12.2. The maximum absolute atomic E-state index is 12.2. The summed E-state index contributed by atoms with van der Waals surface area (Å²) in [5.41, 5.74) is 8.51. The minimum absolute atomic E-state index is 0.00458. The number of primary amides is 1. The van der Waals surface area contributed by atoms with E-state index in [0.29, 0.717) is 5.75 Å². The van der Waals surface area contributed by atoms with Crippen molar-refractivity contribution in [3.8, 4) is 5.75 Å². The summed E-state index contributed by atoms with van der Waals surface area (Å²) in [5.74, 6) is 0.294. The van der Waals surface area contributed by atoms with E-state index in [1.165, 1.54) is 5.56 Å². The summed E-state index contributed by atoms with van der Waals surface area (Å²) in [7, 11) is 0. The molecule has 6 nitrogen and oxygen atoms in total. The smallest absolute Gasteiger partial charge is 0.262 e. The molecule has 1 aliphatic heterocycles.